The fourth-order valence-corrected chi connectivity index (χ4v) is 4.15. The van der Waals surface area contributed by atoms with E-state index < -0.39 is 0 Å². The number of ether oxygens (including phenoxy) is 1. The minimum absolute atomic E-state index is 0.0274. The second-order valence-corrected chi connectivity index (χ2v) is 7.98. The van der Waals surface area contributed by atoms with Gasteiger partial charge in [-0.05, 0) is 67.6 Å². The molecule has 8 heteroatoms. The van der Waals surface area contributed by atoms with Crippen molar-refractivity contribution in [3.63, 3.8) is 0 Å². The summed E-state index contributed by atoms with van der Waals surface area (Å²) in [7, 11) is 1.54. The van der Waals surface area contributed by atoms with Crippen molar-refractivity contribution in [3.05, 3.63) is 58.0 Å². The largest absolute Gasteiger partial charge is 0.495 e. The van der Waals surface area contributed by atoms with Gasteiger partial charge in [-0.3, -0.25) is 14.5 Å². The van der Waals surface area contributed by atoms with Crippen molar-refractivity contribution in [2.45, 2.75) is 13.8 Å². The molecule has 1 heterocycles. The molecule has 1 fully saturated rings. The molecule has 2 aromatic rings. The Morgan fingerprint density at radius 3 is 2.47 bits per heavy atom. The number of methoxy groups -OCH3 is 1. The maximum absolute atomic E-state index is 12.7. The molecular formula is C22H24ClN3O3S. The van der Waals surface area contributed by atoms with Crippen LogP contribution in [0.4, 0.5) is 16.2 Å². The van der Waals surface area contributed by atoms with Crippen LogP contribution in [0.25, 0.3) is 6.08 Å². The molecule has 30 heavy (non-hydrogen) atoms. The van der Waals surface area contributed by atoms with E-state index in [4.69, 9.17) is 16.3 Å². The molecule has 0 unspecified atom stereocenters. The van der Waals surface area contributed by atoms with Gasteiger partial charge in [0.25, 0.3) is 11.1 Å². The summed E-state index contributed by atoms with van der Waals surface area (Å²) in [6, 6.07) is 13.1. The number of carbonyl (C=O) groups excluding carboxylic acids is 2. The number of amides is 2. The third-order valence-electron chi connectivity index (χ3n) is 4.78. The summed E-state index contributed by atoms with van der Waals surface area (Å²) in [5.74, 6) is 0.251. The number of carbonyl (C=O) groups is 2. The van der Waals surface area contributed by atoms with Crippen molar-refractivity contribution in [1.29, 1.82) is 0 Å². The first kappa shape index (κ1) is 22.1. The summed E-state index contributed by atoms with van der Waals surface area (Å²) in [6.07, 6.45) is 1.75. The van der Waals surface area contributed by atoms with Crippen LogP contribution in [0.3, 0.4) is 0 Å². The Labute approximate surface area is 185 Å². The van der Waals surface area contributed by atoms with Crippen molar-refractivity contribution >= 4 is 52.0 Å². The van der Waals surface area contributed by atoms with Gasteiger partial charge in [0.2, 0.25) is 0 Å². The Hall–Kier alpha value is -2.64. The maximum Gasteiger partial charge on any atom is 0.295 e. The highest BCUT2D eigenvalue weighted by atomic mass is 35.5. The van der Waals surface area contributed by atoms with Crippen LogP contribution in [0.2, 0.25) is 5.02 Å². The number of rotatable bonds is 8. The van der Waals surface area contributed by atoms with Gasteiger partial charge < -0.3 is 15.0 Å². The molecule has 6 nitrogen and oxygen atoms in total. The molecule has 2 amide bonds. The predicted octanol–water partition coefficient (Wildman–Crippen LogP) is 5.30. The molecule has 0 saturated carbocycles. The van der Waals surface area contributed by atoms with Gasteiger partial charge in [0.15, 0.2) is 0 Å². The number of hydrogen-bond acceptors (Lipinski definition) is 6. The molecule has 1 N–H and O–H groups in total. The summed E-state index contributed by atoms with van der Waals surface area (Å²) in [5.41, 5.74) is 2.62. The average Bonchev–Trinajstić information content (AvgIpc) is 3.01. The number of halogens is 1. The van der Waals surface area contributed by atoms with Crippen LogP contribution in [0.1, 0.15) is 19.4 Å². The first-order valence-electron chi connectivity index (χ1n) is 9.64. The molecule has 0 radical (unpaired) electrons. The van der Waals surface area contributed by atoms with E-state index in [1.165, 1.54) is 4.90 Å². The van der Waals surface area contributed by atoms with Crippen molar-refractivity contribution < 1.29 is 14.3 Å². The Kier molecular flexibility index (Phi) is 7.29. The molecule has 0 aromatic heterocycles. The molecule has 0 bridgehead atoms. The SMILES string of the molecule is CCN(CC)c1ccc(/C=C2\SC(=O)N(CNc3cc(Cl)ccc3OC)C2=O)cc1. The van der Waals surface area contributed by atoms with E-state index in [-0.39, 0.29) is 17.8 Å². The van der Waals surface area contributed by atoms with E-state index in [0.29, 0.717) is 21.4 Å². The molecule has 2 aromatic carbocycles. The normalized spacial score (nSPS) is 15.1. The van der Waals surface area contributed by atoms with Gasteiger partial charge in [-0.2, -0.15) is 0 Å². The Morgan fingerprint density at radius 1 is 1.13 bits per heavy atom. The number of nitrogens with zero attached hydrogens (tertiary/aromatic N) is 2. The number of anilines is 2. The van der Waals surface area contributed by atoms with E-state index in [1.807, 2.05) is 24.3 Å². The maximum atomic E-state index is 12.7. The van der Waals surface area contributed by atoms with Gasteiger partial charge in [-0.15, -0.1) is 0 Å². The van der Waals surface area contributed by atoms with Gasteiger partial charge in [0, 0.05) is 23.8 Å². The second kappa shape index (κ2) is 9.91. The zero-order valence-electron chi connectivity index (χ0n) is 17.1. The number of hydrogen-bond donors (Lipinski definition) is 1. The Morgan fingerprint density at radius 2 is 1.83 bits per heavy atom. The number of benzene rings is 2. The minimum Gasteiger partial charge on any atom is -0.495 e. The van der Waals surface area contributed by atoms with Crippen LogP contribution in [-0.2, 0) is 4.79 Å². The zero-order valence-corrected chi connectivity index (χ0v) is 18.7. The van der Waals surface area contributed by atoms with E-state index in [2.05, 4.69) is 24.1 Å². The molecule has 158 valence electrons. The highest BCUT2D eigenvalue weighted by molar-refractivity contribution is 8.18. The summed E-state index contributed by atoms with van der Waals surface area (Å²) in [6.45, 7) is 6.11. The molecule has 0 aliphatic carbocycles. The third kappa shape index (κ3) is 4.91. The van der Waals surface area contributed by atoms with Crippen LogP contribution in [0.5, 0.6) is 5.75 Å². The van der Waals surface area contributed by atoms with Gasteiger partial charge in [0.1, 0.15) is 5.75 Å². The standard InChI is InChI=1S/C22H24ClN3O3S/c1-4-25(5-2)17-9-6-15(7-10-17)12-20-21(27)26(22(28)30-20)14-24-18-13-16(23)8-11-19(18)29-3/h6-13,24H,4-5,14H2,1-3H3/b20-12-. The van der Waals surface area contributed by atoms with E-state index in [9.17, 15) is 9.59 Å². The van der Waals surface area contributed by atoms with Gasteiger partial charge in [-0.25, -0.2) is 0 Å². The summed E-state index contributed by atoms with van der Waals surface area (Å²) < 4.78 is 5.28. The molecule has 3 rings (SSSR count). The molecule has 1 aliphatic rings. The Balaban J connectivity index is 1.71. The summed E-state index contributed by atoms with van der Waals surface area (Å²) in [4.78, 5) is 28.9. The lowest BCUT2D eigenvalue weighted by Crippen LogP contribution is -2.33. The topological polar surface area (TPSA) is 61.9 Å². The molecule has 0 spiro atoms. The smallest absolute Gasteiger partial charge is 0.295 e. The monoisotopic (exact) mass is 445 g/mol. The number of imide groups is 1. The number of nitrogens with one attached hydrogen (secondary N) is 1. The zero-order chi connectivity index (χ0) is 21.7. The second-order valence-electron chi connectivity index (χ2n) is 6.55. The minimum atomic E-state index is -0.327. The third-order valence-corrected chi connectivity index (χ3v) is 5.92. The van der Waals surface area contributed by atoms with Crippen LogP contribution < -0.4 is 15.0 Å². The van der Waals surface area contributed by atoms with Gasteiger partial charge >= 0.3 is 0 Å². The molecular weight excluding hydrogens is 422 g/mol. The van der Waals surface area contributed by atoms with Crippen molar-refractivity contribution in [2.75, 3.05) is 37.1 Å². The summed E-state index contributed by atoms with van der Waals surface area (Å²) in [5, 5.41) is 3.26. The van der Waals surface area contributed by atoms with Gasteiger partial charge in [-0.1, -0.05) is 23.7 Å². The van der Waals surface area contributed by atoms with Crippen molar-refractivity contribution in [3.8, 4) is 5.75 Å². The Bertz CT molecular complexity index is 959. The van der Waals surface area contributed by atoms with E-state index in [1.54, 1.807) is 31.4 Å². The van der Waals surface area contributed by atoms with Crippen molar-refractivity contribution in [2.24, 2.45) is 0 Å². The first-order valence-corrected chi connectivity index (χ1v) is 10.8. The number of thioether (sulfide) groups is 1. The van der Waals surface area contributed by atoms with Gasteiger partial charge in [0.05, 0.1) is 24.4 Å². The molecule has 0 atom stereocenters. The lowest BCUT2D eigenvalue weighted by molar-refractivity contribution is -0.122. The molecule has 1 saturated heterocycles. The average molecular weight is 446 g/mol. The quantitative estimate of drug-likeness (QED) is 0.556. The summed E-state index contributed by atoms with van der Waals surface area (Å²) >= 11 is 6.97. The first-order chi connectivity index (χ1) is 14.5. The van der Waals surface area contributed by atoms with Crippen LogP contribution in [0, 0.1) is 0 Å². The van der Waals surface area contributed by atoms with Crippen LogP contribution >= 0.6 is 23.4 Å². The predicted molar refractivity (Wildman–Crippen MR) is 124 cm³/mol. The lowest BCUT2D eigenvalue weighted by Gasteiger charge is -2.20. The van der Waals surface area contributed by atoms with E-state index >= 15 is 0 Å². The lowest BCUT2D eigenvalue weighted by atomic mass is 10.1. The fraction of sp³-hybridized carbons (Fsp3) is 0.273. The van der Waals surface area contributed by atoms with Crippen LogP contribution in [-0.4, -0.2) is 42.9 Å². The highest BCUT2D eigenvalue weighted by Crippen LogP contribution is 2.33. The fourth-order valence-electron chi connectivity index (χ4n) is 3.14. The molecule has 1 aliphatic heterocycles. The highest BCUT2D eigenvalue weighted by Gasteiger charge is 2.34. The van der Waals surface area contributed by atoms with Crippen molar-refractivity contribution in [1.82, 2.24) is 4.90 Å². The van der Waals surface area contributed by atoms with Crippen LogP contribution in [0.15, 0.2) is 47.4 Å². The van der Waals surface area contributed by atoms with E-state index in [0.717, 1.165) is 36.1 Å².